The lowest BCUT2D eigenvalue weighted by atomic mass is 9.78. The molecule has 0 saturated heterocycles. The Morgan fingerprint density at radius 2 is 1.77 bits per heavy atom. The van der Waals surface area contributed by atoms with Gasteiger partial charge in [0.25, 0.3) is 5.91 Å². The third-order valence-electron chi connectivity index (χ3n) is 10.3. The van der Waals surface area contributed by atoms with Crippen LogP contribution >= 0.6 is 0 Å². The summed E-state index contributed by atoms with van der Waals surface area (Å²) in [5, 5.41) is 19.3. The Balaban J connectivity index is 1.30. The molecule has 0 spiro atoms. The summed E-state index contributed by atoms with van der Waals surface area (Å²) in [6, 6.07) is 17.2. The average molecular weight is 589 g/mol. The molecule has 1 unspecified atom stereocenters. The van der Waals surface area contributed by atoms with Gasteiger partial charge in [-0.15, -0.1) is 5.10 Å². The molecule has 7 heteroatoms. The van der Waals surface area contributed by atoms with Crippen molar-refractivity contribution < 1.29 is 14.7 Å². The Morgan fingerprint density at radius 1 is 0.955 bits per heavy atom. The Kier molecular flexibility index (Phi) is 7.35. The number of fused-ring (bicyclic) bond motifs is 6. The van der Waals surface area contributed by atoms with E-state index in [1.54, 1.807) is 6.92 Å². The van der Waals surface area contributed by atoms with Crippen molar-refractivity contribution in [2.45, 2.75) is 84.2 Å². The number of carbonyl (C=O) groups is 2. The molecular weight excluding hydrogens is 548 g/mol. The number of aryl methyl sites for hydroxylation is 3. The van der Waals surface area contributed by atoms with Gasteiger partial charge >= 0.3 is 5.97 Å². The molecule has 0 saturated carbocycles. The molecule has 4 heterocycles. The molecule has 1 aromatic heterocycles. The zero-order chi connectivity index (χ0) is 30.5. The van der Waals surface area contributed by atoms with E-state index in [9.17, 15) is 14.7 Å². The van der Waals surface area contributed by atoms with Crippen molar-refractivity contribution in [2.24, 2.45) is 5.92 Å². The van der Waals surface area contributed by atoms with Crippen LogP contribution in [0.3, 0.4) is 0 Å². The molecule has 4 aromatic rings. The molecule has 0 radical (unpaired) electrons. The first-order valence-corrected chi connectivity index (χ1v) is 16.1. The van der Waals surface area contributed by atoms with Gasteiger partial charge in [-0.3, -0.25) is 9.59 Å². The van der Waals surface area contributed by atoms with E-state index in [2.05, 4.69) is 71.8 Å². The second kappa shape index (κ2) is 11.3. The Morgan fingerprint density at radius 3 is 2.61 bits per heavy atom. The second-order valence-corrected chi connectivity index (χ2v) is 13.0. The van der Waals surface area contributed by atoms with Gasteiger partial charge in [0.2, 0.25) is 0 Å². The van der Waals surface area contributed by atoms with Crippen molar-refractivity contribution in [3.8, 4) is 0 Å². The number of nitrogens with zero attached hydrogens (tertiary/aromatic N) is 4. The second-order valence-electron chi connectivity index (χ2n) is 13.0. The van der Waals surface area contributed by atoms with Crippen LogP contribution in [0.4, 0.5) is 0 Å². The predicted octanol–water partition coefficient (Wildman–Crippen LogP) is 6.79. The molecule has 3 atom stereocenters. The summed E-state index contributed by atoms with van der Waals surface area (Å²) < 4.78 is 1.99. The molecule has 1 aliphatic carbocycles. The van der Waals surface area contributed by atoms with Crippen LogP contribution in [-0.4, -0.2) is 43.4 Å². The maximum absolute atomic E-state index is 14.0. The van der Waals surface area contributed by atoms with E-state index in [-0.39, 0.29) is 17.7 Å². The molecule has 3 aliphatic heterocycles. The van der Waals surface area contributed by atoms with Crippen molar-refractivity contribution in [1.82, 2.24) is 19.9 Å². The fraction of sp³-hybridized carbons (Fsp3) is 0.405. The summed E-state index contributed by atoms with van der Waals surface area (Å²) in [5.41, 5.74) is 11.6. The molecule has 226 valence electrons. The third-order valence-corrected chi connectivity index (χ3v) is 10.3. The van der Waals surface area contributed by atoms with Gasteiger partial charge in [0, 0.05) is 37.0 Å². The van der Waals surface area contributed by atoms with Crippen LogP contribution in [0.1, 0.15) is 95.9 Å². The van der Waals surface area contributed by atoms with Crippen molar-refractivity contribution in [2.75, 3.05) is 6.54 Å². The van der Waals surface area contributed by atoms with Gasteiger partial charge in [-0.25, -0.2) is 4.68 Å². The molecular formula is C37H40N4O3. The largest absolute Gasteiger partial charge is 0.481 e. The smallest absolute Gasteiger partial charge is 0.307 e. The lowest BCUT2D eigenvalue weighted by molar-refractivity contribution is -0.141. The number of amides is 1. The first-order chi connectivity index (χ1) is 21.3. The summed E-state index contributed by atoms with van der Waals surface area (Å²) in [5.74, 6) is -1.68. The first kappa shape index (κ1) is 28.5. The van der Waals surface area contributed by atoms with E-state index in [0.29, 0.717) is 13.1 Å². The Hall–Kier alpha value is -4.26. The number of aliphatic carboxylic acids is 1. The highest BCUT2D eigenvalue weighted by Gasteiger charge is 2.33. The fourth-order valence-electron chi connectivity index (χ4n) is 7.64. The minimum Gasteiger partial charge on any atom is -0.481 e. The zero-order valence-electron chi connectivity index (χ0n) is 25.8. The zero-order valence-corrected chi connectivity index (χ0v) is 25.8. The van der Waals surface area contributed by atoms with E-state index in [1.807, 2.05) is 16.5 Å². The summed E-state index contributed by atoms with van der Waals surface area (Å²) in [4.78, 5) is 28.4. The van der Waals surface area contributed by atoms with Crippen molar-refractivity contribution >= 4 is 29.0 Å². The molecule has 0 fully saturated rings. The van der Waals surface area contributed by atoms with E-state index in [1.165, 1.54) is 22.3 Å². The first-order valence-electron chi connectivity index (χ1n) is 16.1. The normalized spacial score (nSPS) is 20.9. The molecule has 10 bridgehead atoms. The minimum absolute atomic E-state index is 0.0685. The van der Waals surface area contributed by atoms with Gasteiger partial charge in [0.05, 0.1) is 11.4 Å². The van der Waals surface area contributed by atoms with Crippen LogP contribution < -0.4 is 0 Å². The molecule has 4 aliphatic rings. The number of carboxylic acid groups (broad SMARTS) is 1. The average Bonchev–Trinajstić information content (AvgIpc) is 3.59. The van der Waals surface area contributed by atoms with Crippen molar-refractivity contribution in [3.63, 3.8) is 0 Å². The van der Waals surface area contributed by atoms with E-state index >= 15 is 0 Å². The standard InChI is InChI=1S/C37H40N4O3/c1-22-30-12-9-25-8-6-4-5-7-16-41-33-14-13-31(23(2)35(33)38-39-41)34(24(3)37(43)44)27-11-10-26-15-17-40(21-29(26)19-27)36(42)32(22)20-28(30)18-25/h9-14,18-20,22,24,34H,4-8,15-17,21H2,1-3H3,(H,43,44)/t22?,24-,34+/m0/s1. The van der Waals surface area contributed by atoms with Gasteiger partial charge < -0.3 is 10.0 Å². The highest BCUT2D eigenvalue weighted by molar-refractivity contribution is 6.01. The summed E-state index contributed by atoms with van der Waals surface area (Å²) in [7, 11) is 0. The number of hydrogen-bond donors (Lipinski definition) is 1. The van der Waals surface area contributed by atoms with E-state index in [4.69, 9.17) is 0 Å². The van der Waals surface area contributed by atoms with Gasteiger partial charge in [-0.05, 0) is 89.3 Å². The fourth-order valence-corrected chi connectivity index (χ4v) is 7.64. The van der Waals surface area contributed by atoms with Crippen LogP contribution in [0.15, 0.2) is 54.1 Å². The molecule has 7 nitrogen and oxygen atoms in total. The number of aromatic nitrogens is 3. The molecule has 1 amide bonds. The quantitative estimate of drug-likeness (QED) is 0.278. The third kappa shape index (κ3) is 4.92. The Bertz CT molecular complexity index is 1820. The van der Waals surface area contributed by atoms with Crippen molar-refractivity contribution in [1.29, 1.82) is 0 Å². The van der Waals surface area contributed by atoms with Crippen LogP contribution in [0, 0.1) is 12.8 Å². The summed E-state index contributed by atoms with van der Waals surface area (Å²) in [6.45, 7) is 7.97. The highest BCUT2D eigenvalue weighted by atomic mass is 16.4. The number of rotatable bonds is 2. The molecule has 8 rings (SSSR count). The van der Waals surface area contributed by atoms with Crippen LogP contribution in [-0.2, 0) is 35.5 Å². The maximum Gasteiger partial charge on any atom is 0.307 e. The molecule has 44 heavy (non-hydrogen) atoms. The van der Waals surface area contributed by atoms with E-state index in [0.717, 1.165) is 83.9 Å². The number of hydrogen-bond acceptors (Lipinski definition) is 4. The maximum atomic E-state index is 14.0. The van der Waals surface area contributed by atoms with Gasteiger partial charge in [0.15, 0.2) is 0 Å². The van der Waals surface area contributed by atoms with E-state index < -0.39 is 11.9 Å². The minimum atomic E-state index is -0.838. The predicted molar refractivity (Wildman–Crippen MR) is 171 cm³/mol. The summed E-state index contributed by atoms with van der Waals surface area (Å²) >= 11 is 0. The topological polar surface area (TPSA) is 88.3 Å². The number of carbonyl (C=O) groups excluding carboxylic acids is 1. The monoisotopic (exact) mass is 588 g/mol. The summed E-state index contributed by atoms with van der Waals surface area (Å²) in [6.07, 6.45) is 8.35. The lowest BCUT2D eigenvalue weighted by Gasteiger charge is -2.32. The van der Waals surface area contributed by atoms with Gasteiger partial charge in [0.1, 0.15) is 5.52 Å². The highest BCUT2D eigenvalue weighted by Crippen LogP contribution is 2.40. The van der Waals surface area contributed by atoms with Crippen LogP contribution in [0.5, 0.6) is 0 Å². The van der Waals surface area contributed by atoms with Crippen LogP contribution in [0.25, 0.3) is 17.1 Å². The number of benzene rings is 3. The molecule has 1 N–H and O–H groups in total. The van der Waals surface area contributed by atoms with Gasteiger partial charge in [-0.2, -0.15) is 0 Å². The SMILES string of the molecule is Cc1c2ccc3c1nnn3CCCCCCc1ccc3c(c1)C=C(C(=O)N1CCc4ccc(cc4C1)[C@H]2[C@H](C)C(=O)O)C3C. The van der Waals surface area contributed by atoms with Crippen molar-refractivity contribution in [3.05, 3.63) is 98.6 Å². The molecule has 3 aromatic carbocycles. The lowest BCUT2D eigenvalue weighted by Crippen LogP contribution is -2.37. The number of carboxylic acids is 1. The Labute approximate surface area is 258 Å². The van der Waals surface area contributed by atoms with Crippen LogP contribution in [0.2, 0.25) is 0 Å². The van der Waals surface area contributed by atoms with Gasteiger partial charge in [-0.1, -0.05) is 74.4 Å².